The zero-order chi connectivity index (χ0) is 43.2. The van der Waals surface area contributed by atoms with Gasteiger partial charge in [-0.25, -0.2) is 0 Å². The Labute approximate surface area is 393 Å². The number of unbranched alkanes of at least 4 members (excludes halogenated alkanes) is 18. The summed E-state index contributed by atoms with van der Waals surface area (Å²) in [5.74, 6) is 1.04. The summed E-state index contributed by atoms with van der Waals surface area (Å²) in [5.41, 5.74) is 6.01. The molecule has 336 valence electrons. The Balaban J connectivity index is 1.47. The first-order chi connectivity index (χ1) is 29.9. The summed E-state index contributed by atoms with van der Waals surface area (Å²) >= 11 is 9.76. The molecule has 0 fully saturated rings. The molecule has 0 aliphatic carbocycles. The maximum Gasteiger partial charge on any atom is 0.160 e. The van der Waals surface area contributed by atoms with Gasteiger partial charge in [0.1, 0.15) is 0 Å². The van der Waals surface area contributed by atoms with Gasteiger partial charge in [0.25, 0.3) is 0 Å². The lowest BCUT2D eigenvalue weighted by Gasteiger charge is -2.13. The second kappa shape index (κ2) is 28.2. The van der Waals surface area contributed by atoms with Gasteiger partial charge in [0.05, 0.1) is 4.88 Å². The second-order valence-electron chi connectivity index (χ2n) is 18.1. The Kier molecular flexibility index (Phi) is 23.2. The van der Waals surface area contributed by atoms with E-state index in [1.807, 2.05) is 34.0 Å². The van der Waals surface area contributed by atoms with Gasteiger partial charge in [0, 0.05) is 39.0 Å². The SMILES string of the molecule is CCCCCCCCc1ccsc1-c1cc(C(C)CCCCCCC)c(-c2ccc(-c3sc(-c4sc(C=O)cc4CCCCCCCC)cc3C(C)CCCCCCC)s2)s1. The number of carbonyl (C=O) groups is 1. The van der Waals surface area contributed by atoms with Crippen LogP contribution >= 0.6 is 56.7 Å². The molecule has 2 atom stereocenters. The van der Waals surface area contributed by atoms with E-state index in [0.717, 1.165) is 17.6 Å². The van der Waals surface area contributed by atoms with Crippen molar-refractivity contribution >= 4 is 63.0 Å². The van der Waals surface area contributed by atoms with Crippen molar-refractivity contribution in [1.82, 2.24) is 0 Å². The van der Waals surface area contributed by atoms with Crippen molar-refractivity contribution in [3.8, 4) is 39.0 Å². The molecule has 5 rings (SSSR count). The number of rotatable bonds is 33. The van der Waals surface area contributed by atoms with Gasteiger partial charge in [-0.05, 0) is 114 Å². The van der Waals surface area contributed by atoms with E-state index >= 15 is 0 Å². The van der Waals surface area contributed by atoms with Crippen LogP contribution in [-0.2, 0) is 12.8 Å². The molecule has 0 bridgehead atoms. The van der Waals surface area contributed by atoms with Gasteiger partial charge in [0.15, 0.2) is 6.29 Å². The van der Waals surface area contributed by atoms with E-state index in [-0.39, 0.29) is 0 Å². The van der Waals surface area contributed by atoms with Crippen LogP contribution in [0.1, 0.15) is 239 Å². The molecule has 0 spiro atoms. The molecule has 2 unspecified atom stereocenters. The fraction of sp³-hybridized carbons (Fsp3) is 0.618. The van der Waals surface area contributed by atoms with Crippen LogP contribution in [0.25, 0.3) is 39.0 Å². The van der Waals surface area contributed by atoms with Crippen molar-refractivity contribution in [2.75, 3.05) is 0 Å². The summed E-state index contributed by atoms with van der Waals surface area (Å²) in [6, 6.07) is 14.7. The van der Waals surface area contributed by atoms with Crippen molar-refractivity contribution < 1.29 is 4.79 Å². The highest BCUT2D eigenvalue weighted by Gasteiger charge is 2.24. The third-order valence-electron chi connectivity index (χ3n) is 12.9. The van der Waals surface area contributed by atoms with Gasteiger partial charge < -0.3 is 0 Å². The quantitative estimate of drug-likeness (QED) is 0.0303. The lowest BCUT2D eigenvalue weighted by atomic mass is 9.94. The first-order valence-corrected chi connectivity index (χ1v) is 29.1. The highest BCUT2D eigenvalue weighted by Crippen LogP contribution is 2.51. The predicted molar refractivity (Wildman–Crippen MR) is 281 cm³/mol. The first-order valence-electron chi connectivity index (χ1n) is 24.9. The molecule has 61 heavy (non-hydrogen) atoms. The van der Waals surface area contributed by atoms with Gasteiger partial charge in [-0.15, -0.1) is 56.7 Å². The average Bonchev–Trinajstić information content (AvgIpc) is 4.12. The standard InChI is InChI=1S/C55H80OS5/c1-7-11-15-19-23-27-31-43-35-36-57-52(43)50-38-46(41(5)29-25-21-17-13-9-3)54(60-50)48-33-34-49(59-48)55-47(42(6)30-26-22-18-14-10-4)39-51(61-55)53-44(37-45(40-56)58-53)32-28-24-20-16-12-8-2/h33-42H,7-32H2,1-6H3. The summed E-state index contributed by atoms with van der Waals surface area (Å²) in [5, 5.41) is 2.34. The van der Waals surface area contributed by atoms with E-state index in [1.54, 1.807) is 22.5 Å². The van der Waals surface area contributed by atoms with E-state index < -0.39 is 0 Å². The number of hydrogen-bond acceptors (Lipinski definition) is 6. The molecule has 1 nitrogen and oxygen atoms in total. The molecule has 0 N–H and O–H groups in total. The minimum Gasteiger partial charge on any atom is -0.297 e. The number of carbonyl (C=O) groups excluding carboxylic acids is 1. The summed E-state index contributed by atoms with van der Waals surface area (Å²) < 4.78 is 0. The van der Waals surface area contributed by atoms with Gasteiger partial charge in [-0.2, -0.15) is 0 Å². The summed E-state index contributed by atoms with van der Waals surface area (Å²) in [4.78, 5) is 24.5. The lowest BCUT2D eigenvalue weighted by Crippen LogP contribution is -1.94. The average molecular weight is 918 g/mol. The molecule has 5 aromatic rings. The summed E-state index contributed by atoms with van der Waals surface area (Å²) in [6.45, 7) is 14.2. The van der Waals surface area contributed by atoms with Crippen LogP contribution in [0.4, 0.5) is 0 Å². The van der Waals surface area contributed by atoms with Crippen LogP contribution < -0.4 is 0 Å². The minimum atomic E-state index is 0.500. The van der Waals surface area contributed by atoms with E-state index in [9.17, 15) is 4.79 Å². The molecule has 0 saturated heterocycles. The number of hydrogen-bond donors (Lipinski definition) is 0. The van der Waals surface area contributed by atoms with Crippen LogP contribution in [0.5, 0.6) is 0 Å². The molecule has 0 aliphatic rings. The largest absolute Gasteiger partial charge is 0.297 e. The van der Waals surface area contributed by atoms with E-state index in [1.165, 1.54) is 211 Å². The van der Waals surface area contributed by atoms with Crippen molar-refractivity contribution in [1.29, 1.82) is 0 Å². The van der Waals surface area contributed by atoms with Gasteiger partial charge in [0.2, 0.25) is 0 Å². The Bertz CT molecular complexity index is 1940. The summed E-state index contributed by atoms with van der Waals surface area (Å²) in [6.07, 6.45) is 34.9. The molecule has 0 aromatic carbocycles. The Morgan fingerprint density at radius 1 is 0.443 bits per heavy atom. The molecular weight excluding hydrogens is 837 g/mol. The molecule has 5 aromatic heterocycles. The molecule has 5 heterocycles. The second-order valence-corrected chi connectivity index (χ2v) is 23.3. The van der Waals surface area contributed by atoms with Gasteiger partial charge >= 0.3 is 0 Å². The highest BCUT2D eigenvalue weighted by molar-refractivity contribution is 7.30. The highest BCUT2D eigenvalue weighted by atomic mass is 32.1. The van der Waals surface area contributed by atoms with Crippen LogP contribution in [0.2, 0.25) is 0 Å². The third kappa shape index (κ3) is 15.4. The molecule has 0 radical (unpaired) electrons. The minimum absolute atomic E-state index is 0.500. The molecular formula is C55H80OS5. The maximum atomic E-state index is 12.2. The lowest BCUT2D eigenvalue weighted by molar-refractivity contribution is 0.112. The molecule has 0 aliphatic heterocycles. The molecule has 0 saturated carbocycles. The smallest absolute Gasteiger partial charge is 0.160 e. The van der Waals surface area contributed by atoms with Crippen LogP contribution in [-0.4, -0.2) is 6.29 Å². The third-order valence-corrected chi connectivity index (χ3v) is 19.0. The Morgan fingerprint density at radius 2 is 0.885 bits per heavy atom. The monoisotopic (exact) mass is 916 g/mol. The van der Waals surface area contributed by atoms with Crippen LogP contribution in [0.15, 0.2) is 41.8 Å². The number of aldehydes is 1. The van der Waals surface area contributed by atoms with Crippen molar-refractivity contribution in [3.63, 3.8) is 0 Å². The molecule has 6 heteroatoms. The summed E-state index contributed by atoms with van der Waals surface area (Å²) in [7, 11) is 0. The van der Waals surface area contributed by atoms with E-state index in [2.05, 4.69) is 94.7 Å². The van der Waals surface area contributed by atoms with Crippen molar-refractivity contribution in [2.24, 2.45) is 0 Å². The van der Waals surface area contributed by atoms with E-state index in [0.29, 0.717) is 11.8 Å². The Morgan fingerprint density at radius 3 is 1.38 bits per heavy atom. The predicted octanol–water partition coefficient (Wildman–Crippen LogP) is 21.2. The zero-order valence-corrected chi connectivity index (χ0v) is 43.2. The van der Waals surface area contributed by atoms with Crippen molar-refractivity contribution in [3.05, 3.63) is 68.9 Å². The Hall–Kier alpha value is -1.83. The number of aryl methyl sites for hydroxylation is 2. The van der Waals surface area contributed by atoms with Gasteiger partial charge in [-0.3, -0.25) is 4.79 Å². The normalized spacial score (nSPS) is 12.8. The molecule has 0 amide bonds. The number of thiophene rings is 5. The van der Waals surface area contributed by atoms with Crippen molar-refractivity contribution in [2.45, 2.75) is 220 Å². The van der Waals surface area contributed by atoms with Gasteiger partial charge in [-0.1, -0.05) is 170 Å². The first kappa shape index (κ1) is 50.2. The maximum absolute atomic E-state index is 12.2. The fourth-order valence-corrected chi connectivity index (χ4v) is 15.1. The fourth-order valence-electron chi connectivity index (χ4n) is 9.00. The van der Waals surface area contributed by atoms with Crippen LogP contribution in [0, 0.1) is 0 Å². The topological polar surface area (TPSA) is 17.1 Å². The van der Waals surface area contributed by atoms with E-state index in [4.69, 9.17) is 0 Å². The zero-order valence-electron chi connectivity index (χ0n) is 39.1. The van der Waals surface area contributed by atoms with Crippen LogP contribution in [0.3, 0.4) is 0 Å².